The Kier molecular flexibility index (Phi) is 4.43. The second kappa shape index (κ2) is 6.50. The Bertz CT molecular complexity index is 714. The summed E-state index contributed by atoms with van der Waals surface area (Å²) >= 11 is 1.55. The van der Waals surface area contributed by atoms with Gasteiger partial charge < -0.3 is 9.80 Å². The summed E-state index contributed by atoms with van der Waals surface area (Å²) in [6.45, 7) is 4.72. The van der Waals surface area contributed by atoms with E-state index in [0.717, 1.165) is 16.3 Å². The lowest BCUT2D eigenvalue weighted by Gasteiger charge is -2.38. The fourth-order valence-corrected chi connectivity index (χ4v) is 3.37. The SMILES string of the molecule is Cc1nc(CN2C(=O)CN(Cc3ccccc3)C(=O)[C@H]2C)cs1. The Balaban J connectivity index is 1.71. The number of hydrogen-bond donors (Lipinski definition) is 0. The summed E-state index contributed by atoms with van der Waals surface area (Å²) in [7, 11) is 0. The molecule has 2 heterocycles. The third-order valence-electron chi connectivity index (χ3n) is 4.00. The summed E-state index contributed by atoms with van der Waals surface area (Å²) in [6, 6.07) is 9.28. The van der Waals surface area contributed by atoms with Crippen LogP contribution in [0, 0.1) is 6.92 Å². The molecule has 23 heavy (non-hydrogen) atoms. The Hall–Kier alpha value is -2.21. The third kappa shape index (κ3) is 3.42. The number of benzene rings is 1. The monoisotopic (exact) mass is 329 g/mol. The molecule has 1 atom stereocenters. The zero-order chi connectivity index (χ0) is 16.4. The molecule has 1 aliphatic heterocycles. The van der Waals surface area contributed by atoms with E-state index in [9.17, 15) is 9.59 Å². The van der Waals surface area contributed by atoms with Crippen molar-refractivity contribution in [1.29, 1.82) is 0 Å². The van der Waals surface area contributed by atoms with Gasteiger partial charge in [0.25, 0.3) is 0 Å². The first-order valence-corrected chi connectivity index (χ1v) is 8.46. The van der Waals surface area contributed by atoms with E-state index in [1.165, 1.54) is 0 Å². The van der Waals surface area contributed by atoms with Crippen molar-refractivity contribution in [2.24, 2.45) is 0 Å². The van der Waals surface area contributed by atoms with E-state index in [1.807, 2.05) is 42.6 Å². The Morgan fingerprint density at radius 1 is 1.22 bits per heavy atom. The van der Waals surface area contributed by atoms with Gasteiger partial charge in [0.1, 0.15) is 12.6 Å². The van der Waals surface area contributed by atoms with E-state index in [0.29, 0.717) is 13.1 Å². The standard InChI is InChI=1S/C17H19N3O2S/c1-12-17(22)19(8-14-6-4-3-5-7-14)10-16(21)20(12)9-15-11-23-13(2)18-15/h3-7,11-12H,8-10H2,1-2H3/t12-/m1/s1. The summed E-state index contributed by atoms with van der Waals surface area (Å²) in [4.78, 5) is 32.7. The van der Waals surface area contributed by atoms with Gasteiger partial charge in [-0.05, 0) is 19.4 Å². The fourth-order valence-electron chi connectivity index (χ4n) is 2.76. The normalized spacial score (nSPS) is 18.6. The molecule has 1 aromatic heterocycles. The molecule has 6 heteroatoms. The van der Waals surface area contributed by atoms with Gasteiger partial charge in [0, 0.05) is 11.9 Å². The van der Waals surface area contributed by atoms with Crippen molar-refractivity contribution in [1.82, 2.24) is 14.8 Å². The molecular formula is C17H19N3O2S. The fraction of sp³-hybridized carbons (Fsp3) is 0.353. The molecule has 0 radical (unpaired) electrons. The largest absolute Gasteiger partial charge is 0.327 e. The van der Waals surface area contributed by atoms with Crippen LogP contribution < -0.4 is 0 Å². The number of piperazine rings is 1. The number of amides is 2. The van der Waals surface area contributed by atoms with Crippen molar-refractivity contribution in [3.8, 4) is 0 Å². The highest BCUT2D eigenvalue weighted by molar-refractivity contribution is 7.09. The zero-order valence-electron chi connectivity index (χ0n) is 13.2. The molecule has 2 aromatic rings. The number of aryl methyl sites for hydroxylation is 1. The van der Waals surface area contributed by atoms with Crippen molar-refractivity contribution < 1.29 is 9.59 Å². The van der Waals surface area contributed by atoms with Gasteiger partial charge in [-0.2, -0.15) is 0 Å². The molecule has 0 bridgehead atoms. The number of aromatic nitrogens is 1. The van der Waals surface area contributed by atoms with E-state index >= 15 is 0 Å². The van der Waals surface area contributed by atoms with Crippen LogP contribution in [-0.2, 0) is 22.7 Å². The van der Waals surface area contributed by atoms with E-state index in [-0.39, 0.29) is 18.4 Å². The molecule has 1 saturated heterocycles. The molecule has 1 aliphatic rings. The van der Waals surface area contributed by atoms with Gasteiger partial charge in [-0.15, -0.1) is 11.3 Å². The Morgan fingerprint density at radius 2 is 1.96 bits per heavy atom. The summed E-state index contributed by atoms with van der Waals surface area (Å²) in [5, 5.41) is 2.91. The van der Waals surface area contributed by atoms with Gasteiger partial charge in [0.2, 0.25) is 11.8 Å². The first kappa shape index (κ1) is 15.7. The summed E-state index contributed by atoms with van der Waals surface area (Å²) < 4.78 is 0. The Labute approximate surface area is 139 Å². The highest BCUT2D eigenvalue weighted by Crippen LogP contribution is 2.19. The molecule has 1 fully saturated rings. The first-order chi connectivity index (χ1) is 11.0. The lowest BCUT2D eigenvalue weighted by molar-refractivity contribution is -0.156. The van der Waals surface area contributed by atoms with Gasteiger partial charge in [0.05, 0.1) is 17.2 Å². The quantitative estimate of drug-likeness (QED) is 0.864. The number of rotatable bonds is 4. The van der Waals surface area contributed by atoms with Crippen LogP contribution >= 0.6 is 11.3 Å². The maximum absolute atomic E-state index is 12.6. The van der Waals surface area contributed by atoms with Gasteiger partial charge in [0.15, 0.2) is 0 Å². The average molecular weight is 329 g/mol. The molecule has 0 spiro atoms. The lowest BCUT2D eigenvalue weighted by atomic mass is 10.1. The molecule has 0 N–H and O–H groups in total. The second-order valence-electron chi connectivity index (χ2n) is 5.74. The summed E-state index contributed by atoms with van der Waals surface area (Å²) in [5.41, 5.74) is 1.88. The first-order valence-electron chi connectivity index (χ1n) is 7.58. The van der Waals surface area contributed by atoms with Crippen LogP contribution in [0.2, 0.25) is 0 Å². The molecule has 1 aromatic carbocycles. The highest BCUT2D eigenvalue weighted by Gasteiger charge is 2.36. The summed E-state index contributed by atoms with van der Waals surface area (Å²) in [5.74, 6) is -0.0425. The molecule has 0 saturated carbocycles. The van der Waals surface area contributed by atoms with E-state index in [2.05, 4.69) is 4.98 Å². The minimum absolute atomic E-state index is 0.0135. The van der Waals surface area contributed by atoms with Crippen LogP contribution in [0.4, 0.5) is 0 Å². The zero-order valence-corrected chi connectivity index (χ0v) is 14.0. The van der Waals surface area contributed by atoms with Crippen LogP contribution in [0.1, 0.15) is 23.2 Å². The summed E-state index contributed by atoms with van der Waals surface area (Å²) in [6.07, 6.45) is 0. The minimum Gasteiger partial charge on any atom is -0.327 e. The highest BCUT2D eigenvalue weighted by atomic mass is 32.1. The maximum Gasteiger partial charge on any atom is 0.245 e. The molecule has 2 amide bonds. The van der Waals surface area contributed by atoms with Crippen LogP contribution in [0.15, 0.2) is 35.7 Å². The lowest BCUT2D eigenvalue weighted by Crippen LogP contribution is -2.58. The van der Waals surface area contributed by atoms with Crippen molar-refractivity contribution in [3.63, 3.8) is 0 Å². The van der Waals surface area contributed by atoms with Crippen LogP contribution in [0.3, 0.4) is 0 Å². The number of nitrogens with zero attached hydrogens (tertiary/aromatic N) is 3. The van der Waals surface area contributed by atoms with Crippen molar-refractivity contribution >= 4 is 23.2 Å². The molecule has 120 valence electrons. The van der Waals surface area contributed by atoms with Gasteiger partial charge >= 0.3 is 0 Å². The minimum atomic E-state index is -0.457. The van der Waals surface area contributed by atoms with Crippen molar-refractivity contribution in [2.45, 2.75) is 33.0 Å². The molecule has 0 aliphatic carbocycles. The molecule has 0 unspecified atom stereocenters. The number of carbonyl (C=O) groups excluding carboxylic acids is 2. The second-order valence-corrected chi connectivity index (χ2v) is 6.80. The van der Waals surface area contributed by atoms with E-state index < -0.39 is 6.04 Å². The smallest absolute Gasteiger partial charge is 0.245 e. The molecular weight excluding hydrogens is 310 g/mol. The van der Waals surface area contributed by atoms with Gasteiger partial charge in [-0.3, -0.25) is 9.59 Å². The molecule has 3 rings (SSSR count). The third-order valence-corrected chi connectivity index (χ3v) is 4.82. The van der Waals surface area contributed by atoms with Gasteiger partial charge in [-0.25, -0.2) is 4.98 Å². The van der Waals surface area contributed by atoms with Crippen LogP contribution in [-0.4, -0.2) is 39.2 Å². The number of hydrogen-bond acceptors (Lipinski definition) is 4. The number of carbonyl (C=O) groups is 2. The predicted molar refractivity (Wildman–Crippen MR) is 88.7 cm³/mol. The predicted octanol–water partition coefficient (Wildman–Crippen LogP) is 2.21. The van der Waals surface area contributed by atoms with E-state index in [4.69, 9.17) is 0 Å². The van der Waals surface area contributed by atoms with Gasteiger partial charge in [-0.1, -0.05) is 30.3 Å². The Morgan fingerprint density at radius 3 is 2.61 bits per heavy atom. The van der Waals surface area contributed by atoms with Crippen LogP contribution in [0.25, 0.3) is 0 Å². The molecule has 5 nitrogen and oxygen atoms in total. The average Bonchev–Trinajstić information content (AvgIpc) is 2.95. The maximum atomic E-state index is 12.6. The van der Waals surface area contributed by atoms with Crippen molar-refractivity contribution in [3.05, 3.63) is 52.0 Å². The van der Waals surface area contributed by atoms with Crippen molar-refractivity contribution in [2.75, 3.05) is 6.54 Å². The van der Waals surface area contributed by atoms with E-state index in [1.54, 1.807) is 28.1 Å². The van der Waals surface area contributed by atoms with Crippen LogP contribution in [0.5, 0.6) is 0 Å². The topological polar surface area (TPSA) is 53.5 Å². The number of thiazole rings is 1.